The molecule has 6 nitrogen and oxygen atoms in total. The van der Waals surface area contributed by atoms with Gasteiger partial charge >= 0.3 is 0 Å². The van der Waals surface area contributed by atoms with Crippen LogP contribution in [0.25, 0.3) is 0 Å². The molecule has 0 saturated heterocycles. The largest absolute Gasteiger partial charge is 0.493 e. The molecule has 0 bridgehead atoms. The molecule has 0 fully saturated rings. The first-order chi connectivity index (χ1) is 22.5. The molecule has 0 atom stereocenters. The van der Waals surface area contributed by atoms with Crippen molar-refractivity contribution >= 4 is 0 Å². The van der Waals surface area contributed by atoms with Crippen LogP contribution in [0.4, 0.5) is 13.2 Å². The second-order valence-corrected chi connectivity index (χ2v) is 11.6. The van der Waals surface area contributed by atoms with Crippen LogP contribution in [0.15, 0.2) is 30.3 Å². The smallest absolute Gasteiger partial charge is 0.231 e. The molecule has 1 aliphatic heterocycles. The Balaban J connectivity index is 0.000000223. The van der Waals surface area contributed by atoms with Crippen molar-refractivity contribution in [3.05, 3.63) is 103 Å². The van der Waals surface area contributed by atoms with Gasteiger partial charge in [-0.15, -0.1) is 0 Å². The predicted molar refractivity (Wildman–Crippen MR) is 185 cm³/mol. The van der Waals surface area contributed by atoms with Gasteiger partial charge < -0.3 is 28.4 Å². The van der Waals surface area contributed by atoms with Crippen molar-refractivity contribution in [2.45, 2.75) is 69.2 Å². The van der Waals surface area contributed by atoms with Crippen molar-refractivity contribution in [2.24, 2.45) is 0 Å². The van der Waals surface area contributed by atoms with Crippen LogP contribution in [0.2, 0.25) is 0 Å². The van der Waals surface area contributed by atoms with Crippen LogP contribution in [0.3, 0.4) is 0 Å². The molecule has 0 saturated carbocycles. The standard InChI is InChI=1S/C10H12F2.C10H13F.C10H14O3.C9H10O3/c1-5-6(2)9(11)8(4)10(12)7(5)3;1-6-5-7(2)10(11)9(4)8(6)3;1-7-5-8(11-2)10(13-4)9(6-7)12-3;1-6-3-7(10-2)9-8(4-6)11-5-12-9/h1-4H3;5H,1-4H3;5-6H,1-4H3;3-4H,5H2,1-2H3. The van der Waals surface area contributed by atoms with Crippen molar-refractivity contribution in [2.75, 3.05) is 35.2 Å². The molecule has 9 heteroatoms. The highest BCUT2D eigenvalue weighted by Gasteiger charge is 2.19. The van der Waals surface area contributed by atoms with Crippen LogP contribution in [-0.2, 0) is 0 Å². The Morgan fingerprint density at radius 3 is 1.40 bits per heavy atom. The molecule has 48 heavy (non-hydrogen) atoms. The molecule has 1 aliphatic rings. The minimum atomic E-state index is -0.421. The van der Waals surface area contributed by atoms with E-state index >= 15 is 0 Å². The summed E-state index contributed by atoms with van der Waals surface area (Å²) in [4.78, 5) is 0. The van der Waals surface area contributed by atoms with Gasteiger partial charge in [0, 0.05) is 5.56 Å². The van der Waals surface area contributed by atoms with E-state index in [1.165, 1.54) is 12.5 Å². The van der Waals surface area contributed by atoms with Gasteiger partial charge in [-0.2, -0.15) is 0 Å². The van der Waals surface area contributed by atoms with Crippen LogP contribution >= 0.6 is 0 Å². The Bertz CT molecular complexity index is 1580. The quantitative estimate of drug-likeness (QED) is 0.216. The Hall–Kier alpha value is -4.53. The van der Waals surface area contributed by atoms with E-state index in [0.717, 1.165) is 39.3 Å². The Morgan fingerprint density at radius 2 is 0.917 bits per heavy atom. The van der Waals surface area contributed by atoms with Crippen LogP contribution in [0, 0.1) is 86.7 Å². The summed E-state index contributed by atoms with van der Waals surface area (Å²) in [6, 6.07) is 9.55. The third kappa shape index (κ3) is 9.30. The first kappa shape index (κ1) is 39.6. The molecule has 262 valence electrons. The molecule has 4 aromatic rings. The number of aryl methyl sites for hydroxylation is 4. The second kappa shape index (κ2) is 17.6. The first-order valence-corrected chi connectivity index (χ1v) is 15.4. The minimum Gasteiger partial charge on any atom is -0.493 e. The van der Waals surface area contributed by atoms with Gasteiger partial charge in [0.15, 0.2) is 23.0 Å². The maximum Gasteiger partial charge on any atom is 0.231 e. The SMILES string of the molecule is COc1cc(C)cc(OC)c1OC.COc1cc(C)cc2c1OCO2.Cc1c(C)c(F)c(C)c(F)c1C.Cc1cc(C)c(F)c(C)c1C. The molecule has 0 unspecified atom stereocenters. The normalized spacial score (nSPS) is 10.9. The number of benzene rings is 4. The molecule has 4 aromatic carbocycles. The van der Waals surface area contributed by atoms with Gasteiger partial charge in [0.2, 0.25) is 18.3 Å². The van der Waals surface area contributed by atoms with Crippen molar-refractivity contribution < 1.29 is 41.6 Å². The van der Waals surface area contributed by atoms with Crippen LogP contribution in [0.1, 0.15) is 55.6 Å². The molecule has 0 N–H and O–H groups in total. The zero-order valence-corrected chi connectivity index (χ0v) is 30.7. The molecular formula is C39H49F3O6. The summed E-state index contributed by atoms with van der Waals surface area (Å²) in [6.07, 6.45) is 0. The van der Waals surface area contributed by atoms with Crippen molar-refractivity contribution in [1.29, 1.82) is 0 Å². The maximum absolute atomic E-state index is 13.2. The molecule has 0 amide bonds. The predicted octanol–water partition coefficient (Wildman–Crippen LogP) is 10.0. The Kier molecular flexibility index (Phi) is 14.5. The molecule has 0 radical (unpaired) electrons. The number of rotatable bonds is 4. The van der Waals surface area contributed by atoms with E-state index in [0.29, 0.717) is 39.7 Å². The summed E-state index contributed by atoms with van der Waals surface area (Å²) >= 11 is 0. The third-order valence-electron chi connectivity index (χ3n) is 8.32. The van der Waals surface area contributed by atoms with E-state index in [2.05, 4.69) is 0 Å². The van der Waals surface area contributed by atoms with Gasteiger partial charge in [-0.3, -0.25) is 0 Å². The average molecular weight is 671 g/mol. The van der Waals surface area contributed by atoms with Crippen LogP contribution in [-0.4, -0.2) is 35.2 Å². The molecule has 0 spiro atoms. The summed E-state index contributed by atoms with van der Waals surface area (Å²) in [6.45, 7) is 18.4. The molecule has 1 heterocycles. The highest BCUT2D eigenvalue weighted by Crippen LogP contribution is 2.41. The second-order valence-electron chi connectivity index (χ2n) is 11.6. The fraction of sp³-hybridized carbons (Fsp3) is 0.385. The lowest BCUT2D eigenvalue weighted by molar-refractivity contribution is 0.171. The van der Waals surface area contributed by atoms with Crippen molar-refractivity contribution in [1.82, 2.24) is 0 Å². The van der Waals surface area contributed by atoms with E-state index < -0.39 is 11.6 Å². The Labute approximate surface area is 283 Å². The number of ether oxygens (including phenoxy) is 6. The highest BCUT2D eigenvalue weighted by molar-refractivity contribution is 5.55. The van der Waals surface area contributed by atoms with Crippen molar-refractivity contribution in [3.63, 3.8) is 0 Å². The maximum atomic E-state index is 13.2. The molecular weight excluding hydrogens is 621 g/mol. The van der Waals surface area contributed by atoms with Gasteiger partial charge in [-0.1, -0.05) is 6.07 Å². The Morgan fingerprint density at radius 1 is 0.458 bits per heavy atom. The topological polar surface area (TPSA) is 55.4 Å². The zero-order chi connectivity index (χ0) is 36.5. The van der Waals surface area contributed by atoms with E-state index in [1.54, 1.807) is 56.1 Å². The minimum absolute atomic E-state index is 0.0619. The lowest BCUT2D eigenvalue weighted by Crippen LogP contribution is -2.00. The van der Waals surface area contributed by atoms with E-state index in [9.17, 15) is 13.2 Å². The number of hydrogen-bond acceptors (Lipinski definition) is 6. The van der Waals surface area contributed by atoms with Crippen molar-refractivity contribution in [3.8, 4) is 34.5 Å². The number of fused-ring (bicyclic) bond motifs is 1. The third-order valence-corrected chi connectivity index (χ3v) is 8.32. The highest BCUT2D eigenvalue weighted by atomic mass is 19.1. The summed E-state index contributed by atoms with van der Waals surface area (Å²) < 4.78 is 70.6. The fourth-order valence-corrected chi connectivity index (χ4v) is 4.99. The first-order valence-electron chi connectivity index (χ1n) is 15.4. The lowest BCUT2D eigenvalue weighted by Gasteiger charge is -2.12. The zero-order valence-electron chi connectivity index (χ0n) is 30.7. The summed E-state index contributed by atoms with van der Waals surface area (Å²) in [5, 5.41) is 0. The lowest BCUT2D eigenvalue weighted by atomic mass is 9.99. The molecule has 0 aliphatic carbocycles. The number of methoxy groups -OCH3 is 4. The van der Waals surface area contributed by atoms with E-state index in [1.807, 2.05) is 65.0 Å². The van der Waals surface area contributed by atoms with Gasteiger partial charge in [0.05, 0.1) is 28.4 Å². The van der Waals surface area contributed by atoms with E-state index in [4.69, 9.17) is 28.4 Å². The molecule has 5 rings (SSSR count). The number of hydrogen-bond donors (Lipinski definition) is 0. The van der Waals surface area contributed by atoms with Crippen LogP contribution in [0.5, 0.6) is 34.5 Å². The summed E-state index contributed by atoms with van der Waals surface area (Å²) in [5.74, 6) is 3.34. The summed E-state index contributed by atoms with van der Waals surface area (Å²) in [7, 11) is 6.43. The monoisotopic (exact) mass is 670 g/mol. The fourth-order valence-electron chi connectivity index (χ4n) is 4.99. The summed E-state index contributed by atoms with van der Waals surface area (Å²) in [5.41, 5.74) is 7.86. The van der Waals surface area contributed by atoms with Gasteiger partial charge in [-0.25, -0.2) is 13.2 Å². The van der Waals surface area contributed by atoms with Gasteiger partial charge in [0.1, 0.15) is 17.5 Å². The van der Waals surface area contributed by atoms with Crippen LogP contribution < -0.4 is 28.4 Å². The molecule has 0 aromatic heterocycles. The van der Waals surface area contributed by atoms with Gasteiger partial charge in [-0.05, 0) is 144 Å². The average Bonchev–Trinajstić information content (AvgIpc) is 3.55. The number of halogens is 3. The van der Waals surface area contributed by atoms with Gasteiger partial charge in [0.25, 0.3) is 0 Å². The van der Waals surface area contributed by atoms with E-state index in [-0.39, 0.29) is 18.2 Å².